The third-order valence-corrected chi connectivity index (χ3v) is 2.05. The maximum absolute atomic E-state index is 11.2. The lowest BCUT2D eigenvalue weighted by Crippen LogP contribution is -2.16. The number of fused-ring (bicyclic) bond motifs is 2. The van der Waals surface area contributed by atoms with Gasteiger partial charge in [0.1, 0.15) is 5.78 Å². The minimum Gasteiger partial charge on any atom is -0.299 e. The van der Waals surface area contributed by atoms with E-state index < -0.39 is 0 Å². The van der Waals surface area contributed by atoms with Crippen molar-refractivity contribution in [3.63, 3.8) is 0 Å². The van der Waals surface area contributed by atoms with Gasteiger partial charge in [0.15, 0.2) is 0 Å². The minimum atomic E-state index is 0.0787. The molecule has 0 aromatic rings. The van der Waals surface area contributed by atoms with Gasteiger partial charge in [-0.1, -0.05) is 24.3 Å². The Morgan fingerprint density at radius 2 is 2.20 bits per heavy atom. The fraction of sp³-hybridized carbons (Fsp3) is 0.333. The zero-order chi connectivity index (χ0) is 6.97. The van der Waals surface area contributed by atoms with E-state index in [0.717, 1.165) is 0 Å². The van der Waals surface area contributed by atoms with Crippen molar-refractivity contribution in [2.75, 3.05) is 0 Å². The molecule has 0 saturated carbocycles. The smallest absolute Gasteiger partial charge is 0.144 e. The number of rotatable bonds is 0. The van der Waals surface area contributed by atoms with Gasteiger partial charge in [-0.3, -0.25) is 4.79 Å². The zero-order valence-electron chi connectivity index (χ0n) is 5.66. The van der Waals surface area contributed by atoms with E-state index in [0.29, 0.717) is 18.1 Å². The van der Waals surface area contributed by atoms with E-state index >= 15 is 0 Å². The molecule has 3 rings (SSSR count). The second-order valence-electron chi connectivity index (χ2n) is 2.82. The summed E-state index contributed by atoms with van der Waals surface area (Å²) in [6.45, 7) is 0. The third-order valence-electron chi connectivity index (χ3n) is 2.05. The van der Waals surface area contributed by atoms with Crippen molar-refractivity contribution in [1.82, 2.24) is 0 Å². The fourth-order valence-corrected chi connectivity index (χ4v) is 1.44. The molecule has 0 heterocycles. The molecule has 10 heavy (non-hydrogen) atoms. The van der Waals surface area contributed by atoms with E-state index in [-0.39, 0.29) is 5.92 Å². The summed E-state index contributed by atoms with van der Waals surface area (Å²) in [4.78, 5) is 11.2. The largest absolute Gasteiger partial charge is 0.299 e. The van der Waals surface area contributed by atoms with E-state index in [1.54, 1.807) is 0 Å². The Balaban J connectivity index is 2.36. The molecule has 0 aromatic heterocycles. The van der Waals surface area contributed by atoms with Gasteiger partial charge >= 0.3 is 0 Å². The van der Waals surface area contributed by atoms with Gasteiger partial charge in [-0.25, -0.2) is 0 Å². The highest BCUT2D eigenvalue weighted by molar-refractivity contribution is 5.86. The summed E-state index contributed by atoms with van der Waals surface area (Å²) in [5.74, 6) is 0.815. The summed E-state index contributed by atoms with van der Waals surface area (Å²) in [5.41, 5.74) is 0. The van der Waals surface area contributed by atoms with Crippen molar-refractivity contribution < 1.29 is 4.79 Å². The number of carbonyl (C=O) groups excluding carboxylic acids is 1. The number of allylic oxidation sites excluding steroid dienone is 4. The molecule has 0 spiro atoms. The second kappa shape index (κ2) is 2.08. The highest BCUT2D eigenvalue weighted by Crippen LogP contribution is 2.26. The van der Waals surface area contributed by atoms with E-state index in [1.807, 2.05) is 18.2 Å². The van der Waals surface area contributed by atoms with Gasteiger partial charge in [-0.2, -0.15) is 0 Å². The van der Waals surface area contributed by atoms with Crippen LogP contribution in [-0.4, -0.2) is 5.78 Å². The van der Waals surface area contributed by atoms with Crippen LogP contribution in [-0.2, 0) is 4.79 Å². The van der Waals surface area contributed by atoms with Crippen LogP contribution in [0, 0.1) is 18.3 Å². The van der Waals surface area contributed by atoms with Crippen LogP contribution in [0.3, 0.4) is 0 Å². The average molecular weight is 133 g/mol. The monoisotopic (exact) mass is 133 g/mol. The lowest BCUT2D eigenvalue weighted by molar-refractivity contribution is -0.121. The zero-order valence-corrected chi connectivity index (χ0v) is 5.66. The molecule has 0 saturated heterocycles. The van der Waals surface area contributed by atoms with Gasteiger partial charge in [0.25, 0.3) is 0 Å². The highest BCUT2D eigenvalue weighted by atomic mass is 16.1. The fourth-order valence-electron chi connectivity index (χ4n) is 1.44. The molecule has 0 fully saturated rings. The summed E-state index contributed by atoms with van der Waals surface area (Å²) in [5, 5.41) is 0. The topological polar surface area (TPSA) is 17.1 Å². The van der Waals surface area contributed by atoms with Crippen molar-refractivity contribution in [3.05, 3.63) is 30.7 Å². The quantitative estimate of drug-likeness (QED) is 0.458. The van der Waals surface area contributed by atoms with Crippen molar-refractivity contribution in [1.29, 1.82) is 0 Å². The standard InChI is InChI=1S/C9H9O/c10-9-6-7-2-1-3-8(9)5-4-7/h1-5,7-8H,6H2. The van der Waals surface area contributed by atoms with Crippen LogP contribution >= 0.6 is 0 Å². The first kappa shape index (κ1) is 5.90. The lowest BCUT2D eigenvalue weighted by atomic mass is 9.89. The number of Topliss-reactive ketones (excluding diaryl/α,β-unsaturated/α-hetero) is 1. The molecule has 1 heteroatoms. The van der Waals surface area contributed by atoms with Crippen molar-refractivity contribution in [2.45, 2.75) is 6.42 Å². The summed E-state index contributed by atoms with van der Waals surface area (Å²) in [6.07, 6.45) is 10.9. The maximum atomic E-state index is 11.2. The molecular formula is C9H9O. The molecule has 51 valence electrons. The minimum absolute atomic E-state index is 0.0787. The first-order chi connectivity index (χ1) is 4.86. The van der Waals surface area contributed by atoms with E-state index in [1.165, 1.54) is 0 Å². The molecule has 1 radical (unpaired) electrons. The first-order valence-corrected chi connectivity index (χ1v) is 3.59. The first-order valence-electron chi connectivity index (χ1n) is 3.59. The van der Waals surface area contributed by atoms with Gasteiger partial charge in [-0.05, 0) is 12.3 Å². The molecule has 0 amide bonds. The maximum Gasteiger partial charge on any atom is 0.144 e. The number of ketones is 1. The van der Waals surface area contributed by atoms with Gasteiger partial charge < -0.3 is 0 Å². The van der Waals surface area contributed by atoms with Crippen molar-refractivity contribution in [3.8, 4) is 0 Å². The van der Waals surface area contributed by atoms with Crippen molar-refractivity contribution in [2.24, 2.45) is 11.8 Å². The molecule has 2 atom stereocenters. The Morgan fingerprint density at radius 3 is 3.00 bits per heavy atom. The van der Waals surface area contributed by atoms with Crippen LogP contribution in [0.5, 0.6) is 0 Å². The normalized spacial score (nSPS) is 36.6. The van der Waals surface area contributed by atoms with Gasteiger partial charge in [0, 0.05) is 6.42 Å². The Labute approximate surface area is 60.4 Å². The summed E-state index contributed by atoms with van der Waals surface area (Å²) in [7, 11) is 0. The Kier molecular flexibility index (Phi) is 1.23. The van der Waals surface area contributed by atoms with Gasteiger partial charge in [0.05, 0.1) is 5.92 Å². The number of hydrogen-bond donors (Lipinski definition) is 0. The number of hydrogen-bond acceptors (Lipinski definition) is 1. The van der Waals surface area contributed by atoms with Gasteiger partial charge in [0.2, 0.25) is 0 Å². The Bertz CT molecular complexity index is 213. The van der Waals surface area contributed by atoms with Crippen LogP contribution in [0.15, 0.2) is 24.3 Å². The van der Waals surface area contributed by atoms with E-state index in [2.05, 4.69) is 12.5 Å². The molecule has 0 aliphatic heterocycles. The van der Waals surface area contributed by atoms with Crippen LogP contribution in [0.2, 0.25) is 0 Å². The lowest BCUT2D eigenvalue weighted by Gasteiger charge is -2.13. The van der Waals surface area contributed by atoms with E-state index in [9.17, 15) is 4.79 Å². The SMILES string of the molecule is O=C1CC2[CH]C=CC1C=C2. The molecule has 0 aromatic carbocycles. The molecule has 1 nitrogen and oxygen atoms in total. The van der Waals surface area contributed by atoms with Crippen LogP contribution in [0.1, 0.15) is 6.42 Å². The molecule has 3 aliphatic rings. The molecule has 0 N–H and O–H groups in total. The summed E-state index contributed by atoms with van der Waals surface area (Å²) in [6, 6.07) is 0. The van der Waals surface area contributed by atoms with Crippen LogP contribution in [0.25, 0.3) is 0 Å². The Hall–Kier alpha value is -0.850. The Morgan fingerprint density at radius 1 is 1.30 bits per heavy atom. The van der Waals surface area contributed by atoms with Crippen LogP contribution < -0.4 is 0 Å². The molecular weight excluding hydrogens is 124 g/mol. The van der Waals surface area contributed by atoms with E-state index in [4.69, 9.17) is 0 Å². The second-order valence-corrected chi connectivity index (χ2v) is 2.82. The average Bonchev–Trinajstić information content (AvgIpc) is 2.20. The van der Waals surface area contributed by atoms with Crippen molar-refractivity contribution >= 4 is 5.78 Å². The highest BCUT2D eigenvalue weighted by Gasteiger charge is 2.23. The molecule has 3 aliphatic carbocycles. The molecule has 2 unspecified atom stereocenters. The third kappa shape index (κ3) is 0.821. The van der Waals surface area contributed by atoms with Crippen LogP contribution in [0.4, 0.5) is 0 Å². The van der Waals surface area contributed by atoms with Gasteiger partial charge in [-0.15, -0.1) is 0 Å². The summed E-state index contributed by atoms with van der Waals surface area (Å²) >= 11 is 0. The number of carbonyl (C=O) groups is 1. The molecule has 2 bridgehead atoms. The predicted molar refractivity (Wildman–Crippen MR) is 39.2 cm³/mol. The predicted octanol–water partition coefficient (Wildman–Crippen LogP) is 1.52. The summed E-state index contributed by atoms with van der Waals surface area (Å²) < 4.78 is 0.